The second kappa shape index (κ2) is 13.7. The summed E-state index contributed by atoms with van der Waals surface area (Å²) in [5, 5.41) is 7.14. The zero-order valence-corrected chi connectivity index (χ0v) is 34.1. The molecule has 0 amide bonds. The highest BCUT2D eigenvalue weighted by Gasteiger charge is 2.38. The molecule has 11 aromatic rings. The van der Waals surface area contributed by atoms with E-state index in [1.54, 1.807) is 0 Å². The lowest BCUT2D eigenvalue weighted by molar-refractivity contribution is 0.660. The van der Waals surface area contributed by atoms with E-state index < -0.39 is 0 Å². The molecule has 0 N–H and O–H groups in total. The molecule has 0 unspecified atom stereocenters. The third kappa shape index (κ3) is 5.71. The van der Waals surface area contributed by atoms with E-state index in [1.165, 1.54) is 66.1 Å². The Kier molecular flexibility index (Phi) is 7.92. The fraction of sp³-hybridized carbons (Fsp3) is 0.0508. The van der Waals surface area contributed by atoms with Crippen LogP contribution in [0.5, 0.6) is 0 Å². The molecule has 0 atom stereocenters. The van der Waals surface area contributed by atoms with Gasteiger partial charge in [0.2, 0.25) is 0 Å². The lowest BCUT2D eigenvalue weighted by atomic mass is 9.82. The average Bonchev–Trinajstić information content (AvgIpc) is 3.79. The molecule has 0 spiro atoms. The van der Waals surface area contributed by atoms with Crippen LogP contribution in [0.1, 0.15) is 25.0 Å². The van der Waals surface area contributed by atoms with E-state index >= 15 is 0 Å². The Bertz CT molecular complexity index is 3520. The van der Waals surface area contributed by atoms with E-state index in [-0.39, 0.29) is 5.41 Å². The standard InChI is InChI=1S/C59H41NO/c1-59(2)52-21-9-7-20-49(52)58-53(59)22-12-24-55(58)60(47-30-27-39(28-31-47)41-17-11-18-42(33-41)45-26-25-38-13-3-4-14-40(38)34-45)54-23-10-8-19-48(54)46-29-32-56-50(36-46)51-35-43-15-5-6-16-44(43)37-57(51)61-56/h3-37H,1-2H3. The van der Waals surface area contributed by atoms with Crippen molar-refractivity contribution >= 4 is 60.5 Å². The molecule has 0 radical (unpaired) electrons. The van der Waals surface area contributed by atoms with Gasteiger partial charge < -0.3 is 9.32 Å². The Morgan fingerprint density at radius 3 is 1.75 bits per heavy atom. The first-order valence-corrected chi connectivity index (χ1v) is 21.2. The maximum absolute atomic E-state index is 6.46. The maximum atomic E-state index is 6.46. The Labute approximate surface area is 355 Å². The van der Waals surface area contributed by atoms with E-state index in [9.17, 15) is 0 Å². The minimum Gasteiger partial charge on any atom is -0.456 e. The minimum absolute atomic E-state index is 0.134. The number of nitrogens with zero attached hydrogens (tertiary/aromatic N) is 1. The van der Waals surface area contributed by atoms with Crippen LogP contribution in [0.25, 0.3) is 88.0 Å². The van der Waals surface area contributed by atoms with Crippen LogP contribution in [0, 0.1) is 0 Å². The van der Waals surface area contributed by atoms with Crippen molar-refractivity contribution in [2.45, 2.75) is 19.3 Å². The highest BCUT2D eigenvalue weighted by molar-refractivity contribution is 6.11. The summed E-state index contributed by atoms with van der Waals surface area (Å²) in [7, 11) is 0. The number of hydrogen-bond acceptors (Lipinski definition) is 2. The van der Waals surface area contributed by atoms with E-state index in [1.807, 2.05) is 0 Å². The molecule has 1 heterocycles. The highest BCUT2D eigenvalue weighted by atomic mass is 16.3. The molecule has 0 saturated carbocycles. The number of anilines is 3. The van der Waals surface area contributed by atoms with Crippen molar-refractivity contribution in [1.82, 2.24) is 0 Å². The lowest BCUT2D eigenvalue weighted by Crippen LogP contribution is -2.16. The summed E-state index contributed by atoms with van der Waals surface area (Å²) in [6.07, 6.45) is 0. The van der Waals surface area contributed by atoms with E-state index in [2.05, 4.69) is 231 Å². The molecule has 0 saturated heterocycles. The number of fused-ring (bicyclic) bond motifs is 8. The third-order valence-electron chi connectivity index (χ3n) is 13.0. The van der Waals surface area contributed by atoms with Crippen molar-refractivity contribution in [3.63, 3.8) is 0 Å². The van der Waals surface area contributed by atoms with Crippen LogP contribution >= 0.6 is 0 Å². The van der Waals surface area contributed by atoms with Gasteiger partial charge >= 0.3 is 0 Å². The lowest BCUT2D eigenvalue weighted by Gasteiger charge is -2.30. The molecule has 61 heavy (non-hydrogen) atoms. The van der Waals surface area contributed by atoms with Gasteiger partial charge in [-0.1, -0.05) is 166 Å². The molecular formula is C59H41NO. The largest absolute Gasteiger partial charge is 0.456 e. The number of hydrogen-bond donors (Lipinski definition) is 0. The van der Waals surface area contributed by atoms with Crippen LogP contribution in [0.15, 0.2) is 217 Å². The monoisotopic (exact) mass is 779 g/mol. The first-order chi connectivity index (χ1) is 30.0. The fourth-order valence-corrected chi connectivity index (χ4v) is 9.92. The molecular weight excluding hydrogens is 739 g/mol. The first-order valence-electron chi connectivity index (χ1n) is 21.2. The Morgan fingerprint density at radius 2 is 0.934 bits per heavy atom. The van der Waals surface area contributed by atoms with Crippen LogP contribution in [-0.4, -0.2) is 0 Å². The summed E-state index contributed by atoms with van der Waals surface area (Å²) in [4.78, 5) is 2.48. The van der Waals surface area contributed by atoms with Gasteiger partial charge in [-0.15, -0.1) is 0 Å². The molecule has 2 heteroatoms. The van der Waals surface area contributed by atoms with E-state index in [4.69, 9.17) is 4.42 Å². The fourth-order valence-electron chi connectivity index (χ4n) is 9.92. The summed E-state index contributed by atoms with van der Waals surface area (Å²) < 4.78 is 6.46. The van der Waals surface area contributed by atoms with Crippen molar-refractivity contribution in [2.75, 3.05) is 4.90 Å². The number of rotatable bonds is 6. The van der Waals surface area contributed by atoms with Crippen LogP contribution in [0.3, 0.4) is 0 Å². The minimum atomic E-state index is -0.134. The smallest absolute Gasteiger partial charge is 0.136 e. The summed E-state index contributed by atoms with van der Waals surface area (Å²) >= 11 is 0. The van der Waals surface area contributed by atoms with Gasteiger partial charge in [-0.2, -0.15) is 0 Å². The normalized spacial score (nSPS) is 12.9. The second-order valence-electron chi connectivity index (χ2n) is 16.9. The zero-order chi connectivity index (χ0) is 40.7. The Morgan fingerprint density at radius 1 is 0.361 bits per heavy atom. The molecule has 0 fully saturated rings. The van der Waals surface area contributed by atoms with Crippen LogP contribution in [0.2, 0.25) is 0 Å². The summed E-state index contributed by atoms with van der Waals surface area (Å²) in [5.41, 5.74) is 17.4. The molecule has 10 aromatic carbocycles. The predicted octanol–water partition coefficient (Wildman–Crippen LogP) is 16.7. The third-order valence-corrected chi connectivity index (χ3v) is 13.0. The number of benzene rings is 10. The quantitative estimate of drug-likeness (QED) is 0.167. The molecule has 1 aromatic heterocycles. The van der Waals surface area contributed by atoms with Crippen molar-refractivity contribution in [3.05, 3.63) is 223 Å². The molecule has 2 nitrogen and oxygen atoms in total. The van der Waals surface area contributed by atoms with Gasteiger partial charge in [0, 0.05) is 33.0 Å². The van der Waals surface area contributed by atoms with Crippen molar-refractivity contribution in [2.24, 2.45) is 0 Å². The SMILES string of the molecule is CC1(C)c2ccccc2-c2c(N(c3ccc(-c4cccc(-c5ccc6ccccc6c5)c4)cc3)c3ccccc3-c3ccc4oc5cc6ccccc6cc5c4c3)cccc21. The van der Waals surface area contributed by atoms with Gasteiger partial charge in [-0.3, -0.25) is 0 Å². The maximum Gasteiger partial charge on any atom is 0.136 e. The molecule has 0 aliphatic heterocycles. The highest BCUT2D eigenvalue weighted by Crippen LogP contribution is 2.55. The van der Waals surface area contributed by atoms with Gasteiger partial charge in [0.15, 0.2) is 0 Å². The number of furan rings is 1. The second-order valence-corrected chi connectivity index (χ2v) is 16.9. The van der Waals surface area contributed by atoms with Gasteiger partial charge in [0.1, 0.15) is 11.2 Å². The molecule has 0 bridgehead atoms. The van der Waals surface area contributed by atoms with Crippen LogP contribution in [-0.2, 0) is 5.41 Å². The molecule has 1 aliphatic carbocycles. The molecule has 288 valence electrons. The van der Waals surface area contributed by atoms with Crippen molar-refractivity contribution in [3.8, 4) is 44.5 Å². The van der Waals surface area contributed by atoms with Gasteiger partial charge in [-0.25, -0.2) is 0 Å². The summed E-state index contributed by atoms with van der Waals surface area (Å²) in [6.45, 7) is 4.71. The Hall–Kier alpha value is -7.68. The van der Waals surface area contributed by atoms with Crippen LogP contribution in [0.4, 0.5) is 17.1 Å². The molecule has 1 aliphatic rings. The van der Waals surface area contributed by atoms with Crippen LogP contribution < -0.4 is 4.90 Å². The van der Waals surface area contributed by atoms with Gasteiger partial charge in [0.05, 0.1) is 11.4 Å². The average molecular weight is 780 g/mol. The molecule has 12 rings (SSSR count). The predicted molar refractivity (Wildman–Crippen MR) is 257 cm³/mol. The number of para-hydroxylation sites is 1. The first kappa shape index (κ1) is 35.3. The van der Waals surface area contributed by atoms with Gasteiger partial charge in [0.25, 0.3) is 0 Å². The van der Waals surface area contributed by atoms with Crippen molar-refractivity contribution in [1.29, 1.82) is 0 Å². The topological polar surface area (TPSA) is 16.4 Å². The zero-order valence-electron chi connectivity index (χ0n) is 34.1. The summed E-state index contributed by atoms with van der Waals surface area (Å²) in [6, 6.07) is 77.6. The van der Waals surface area contributed by atoms with E-state index in [0.717, 1.165) is 50.1 Å². The van der Waals surface area contributed by atoms with E-state index in [0.29, 0.717) is 0 Å². The van der Waals surface area contributed by atoms with Crippen molar-refractivity contribution < 1.29 is 4.42 Å². The van der Waals surface area contributed by atoms with Gasteiger partial charge in [-0.05, 0) is 127 Å². The summed E-state index contributed by atoms with van der Waals surface area (Å²) in [5.74, 6) is 0. The Balaban J connectivity index is 1.02.